The van der Waals surface area contributed by atoms with E-state index in [1.807, 2.05) is 0 Å². The third-order valence-electron chi connectivity index (χ3n) is 3.39. The number of nitro benzene ring substituents is 1. The number of nitro groups is 1. The van der Waals surface area contributed by atoms with Gasteiger partial charge in [0.25, 0.3) is 5.69 Å². The number of anilines is 1. The van der Waals surface area contributed by atoms with Gasteiger partial charge >= 0.3 is 5.97 Å². The molecule has 2 aromatic heterocycles. The lowest BCUT2D eigenvalue weighted by atomic mass is 10.1. The molecule has 0 saturated carbocycles. The minimum absolute atomic E-state index is 0.0280. The Bertz CT molecular complexity index is 1080. The van der Waals surface area contributed by atoms with Gasteiger partial charge in [-0.1, -0.05) is 22.9 Å². The molecule has 12 heteroatoms. The molecular formula is C16H11ClN4O6S. The fourth-order valence-corrected chi connectivity index (χ4v) is 3.16. The quantitative estimate of drug-likeness (QED) is 0.296. The van der Waals surface area contributed by atoms with Crippen molar-refractivity contribution in [3.8, 4) is 17.2 Å². The van der Waals surface area contributed by atoms with Gasteiger partial charge in [0, 0.05) is 11.6 Å². The largest absolute Gasteiger partial charge is 0.492 e. The van der Waals surface area contributed by atoms with Crippen molar-refractivity contribution in [2.24, 2.45) is 5.10 Å². The van der Waals surface area contributed by atoms with Crippen LogP contribution in [0, 0.1) is 10.1 Å². The second-order valence-electron chi connectivity index (χ2n) is 5.33. The summed E-state index contributed by atoms with van der Waals surface area (Å²) in [7, 11) is 0. The Morgan fingerprint density at radius 3 is 2.93 bits per heavy atom. The zero-order valence-electron chi connectivity index (χ0n) is 13.8. The number of rotatable bonds is 7. The number of aromatic hydroxyl groups is 1. The SMILES string of the molecule is O=C(O)Cc1sc(N/N=C/c2ccc(-c3ccc(Cl)c([N+](=O)[O-])c3)o2)nc1O. The molecule has 0 saturated heterocycles. The first kappa shape index (κ1) is 19.3. The van der Waals surface area contributed by atoms with Crippen molar-refractivity contribution in [2.45, 2.75) is 6.42 Å². The number of benzene rings is 1. The van der Waals surface area contributed by atoms with Crippen LogP contribution in [0.3, 0.4) is 0 Å². The van der Waals surface area contributed by atoms with E-state index >= 15 is 0 Å². The fraction of sp³-hybridized carbons (Fsp3) is 0.0625. The highest BCUT2D eigenvalue weighted by Crippen LogP contribution is 2.31. The van der Waals surface area contributed by atoms with Gasteiger partial charge in [0.2, 0.25) is 11.0 Å². The summed E-state index contributed by atoms with van der Waals surface area (Å²) in [6, 6.07) is 7.54. The maximum absolute atomic E-state index is 11.0. The van der Waals surface area contributed by atoms with Gasteiger partial charge in [-0.2, -0.15) is 10.1 Å². The number of aromatic nitrogens is 1. The number of hydrazone groups is 1. The third-order valence-corrected chi connectivity index (χ3v) is 4.66. The number of aliphatic carboxylic acids is 1. The molecule has 0 bridgehead atoms. The van der Waals surface area contributed by atoms with Crippen LogP contribution >= 0.6 is 22.9 Å². The first-order chi connectivity index (χ1) is 13.3. The predicted molar refractivity (Wildman–Crippen MR) is 102 cm³/mol. The Labute approximate surface area is 165 Å². The molecule has 3 aromatic rings. The number of nitrogens with one attached hydrogen (secondary N) is 1. The van der Waals surface area contributed by atoms with Crippen LogP contribution in [0.1, 0.15) is 10.6 Å². The monoisotopic (exact) mass is 422 g/mol. The molecule has 1 aromatic carbocycles. The average Bonchev–Trinajstić information content (AvgIpc) is 3.22. The Balaban J connectivity index is 1.70. The molecule has 28 heavy (non-hydrogen) atoms. The lowest BCUT2D eigenvalue weighted by Crippen LogP contribution is -1.97. The number of carboxylic acids is 1. The zero-order valence-corrected chi connectivity index (χ0v) is 15.4. The standard InChI is InChI=1S/C16H11ClN4O6S/c17-10-3-1-8(5-11(10)21(25)26)12-4-2-9(27-12)7-18-20-16-19-15(24)13(28-16)6-14(22)23/h1-5,7,24H,6H2,(H,19,20)(H,22,23)/b18-7+. The van der Waals surface area contributed by atoms with Crippen LogP contribution in [0.2, 0.25) is 5.02 Å². The van der Waals surface area contributed by atoms with Crippen LogP contribution in [0.5, 0.6) is 5.88 Å². The molecule has 0 aliphatic rings. The summed E-state index contributed by atoms with van der Waals surface area (Å²) >= 11 is 6.75. The van der Waals surface area contributed by atoms with E-state index in [2.05, 4.69) is 15.5 Å². The maximum atomic E-state index is 11.0. The number of furan rings is 1. The van der Waals surface area contributed by atoms with E-state index in [9.17, 15) is 20.0 Å². The van der Waals surface area contributed by atoms with Crippen LogP contribution in [0.25, 0.3) is 11.3 Å². The molecule has 0 aliphatic heterocycles. The summed E-state index contributed by atoms with van der Waals surface area (Å²) in [5.41, 5.74) is 2.82. The Morgan fingerprint density at radius 1 is 1.43 bits per heavy atom. The number of halogens is 1. The second kappa shape index (κ2) is 8.06. The summed E-state index contributed by atoms with van der Waals surface area (Å²) in [6.45, 7) is 0. The molecular weight excluding hydrogens is 412 g/mol. The maximum Gasteiger partial charge on any atom is 0.308 e. The number of thiazole rings is 1. The Kier molecular flexibility index (Phi) is 5.57. The van der Waals surface area contributed by atoms with Crippen molar-refractivity contribution in [3.63, 3.8) is 0 Å². The minimum Gasteiger partial charge on any atom is -0.492 e. The van der Waals surface area contributed by atoms with E-state index in [4.69, 9.17) is 21.1 Å². The van der Waals surface area contributed by atoms with Gasteiger partial charge in [0.05, 0.1) is 22.4 Å². The number of carbonyl (C=O) groups is 1. The van der Waals surface area contributed by atoms with Gasteiger partial charge in [0.15, 0.2) is 0 Å². The topological polar surface area (TPSA) is 151 Å². The van der Waals surface area contributed by atoms with Gasteiger partial charge in [-0.25, -0.2) is 0 Å². The number of carboxylic acid groups (broad SMARTS) is 1. The third kappa shape index (κ3) is 4.45. The summed E-state index contributed by atoms with van der Waals surface area (Å²) in [5.74, 6) is -0.710. The minimum atomic E-state index is -1.08. The van der Waals surface area contributed by atoms with Gasteiger partial charge in [0.1, 0.15) is 16.5 Å². The zero-order chi connectivity index (χ0) is 20.3. The summed E-state index contributed by atoms with van der Waals surface area (Å²) in [5, 5.41) is 33.4. The normalized spacial score (nSPS) is 11.0. The molecule has 0 amide bonds. The van der Waals surface area contributed by atoms with Gasteiger partial charge in [-0.15, -0.1) is 0 Å². The number of hydrogen-bond donors (Lipinski definition) is 3. The molecule has 0 unspecified atom stereocenters. The molecule has 0 radical (unpaired) electrons. The smallest absolute Gasteiger partial charge is 0.308 e. The van der Waals surface area contributed by atoms with Crippen molar-refractivity contribution in [1.29, 1.82) is 0 Å². The highest BCUT2D eigenvalue weighted by molar-refractivity contribution is 7.16. The first-order valence-electron chi connectivity index (χ1n) is 7.57. The van der Waals surface area contributed by atoms with Gasteiger partial charge in [-0.05, 0) is 24.3 Å². The van der Waals surface area contributed by atoms with Gasteiger partial charge in [-0.3, -0.25) is 20.3 Å². The van der Waals surface area contributed by atoms with E-state index < -0.39 is 10.9 Å². The molecule has 3 rings (SSSR count). The summed E-state index contributed by atoms with van der Waals surface area (Å²) in [4.78, 5) is 25.0. The van der Waals surface area contributed by atoms with E-state index in [0.717, 1.165) is 11.3 Å². The van der Waals surface area contributed by atoms with Crippen LogP contribution in [0.4, 0.5) is 10.8 Å². The van der Waals surface area contributed by atoms with Crippen molar-refractivity contribution < 1.29 is 24.3 Å². The molecule has 0 fully saturated rings. The van der Waals surface area contributed by atoms with Crippen LogP contribution in [-0.2, 0) is 11.2 Å². The lowest BCUT2D eigenvalue weighted by Gasteiger charge is -1.99. The number of hydrogen-bond acceptors (Lipinski definition) is 9. The molecule has 0 atom stereocenters. The molecule has 0 aliphatic carbocycles. The lowest BCUT2D eigenvalue weighted by molar-refractivity contribution is -0.384. The van der Waals surface area contributed by atoms with Crippen molar-refractivity contribution in [1.82, 2.24) is 4.98 Å². The highest BCUT2D eigenvalue weighted by atomic mass is 35.5. The molecule has 3 N–H and O–H groups in total. The van der Waals surface area contributed by atoms with Crippen molar-refractivity contribution in [2.75, 3.05) is 5.43 Å². The first-order valence-corrected chi connectivity index (χ1v) is 8.76. The van der Waals surface area contributed by atoms with E-state index in [0.29, 0.717) is 17.1 Å². The molecule has 0 spiro atoms. The Morgan fingerprint density at radius 2 is 2.21 bits per heavy atom. The van der Waals surface area contributed by atoms with Gasteiger partial charge < -0.3 is 14.6 Å². The number of nitrogens with zero attached hydrogens (tertiary/aromatic N) is 3. The molecule has 2 heterocycles. The fourth-order valence-electron chi connectivity index (χ4n) is 2.18. The van der Waals surface area contributed by atoms with Crippen LogP contribution in [-0.4, -0.2) is 32.3 Å². The summed E-state index contributed by atoms with van der Waals surface area (Å²) < 4.78 is 5.56. The Hall–Kier alpha value is -3.44. The average molecular weight is 423 g/mol. The molecule has 144 valence electrons. The predicted octanol–water partition coefficient (Wildman–Crippen LogP) is 3.74. The van der Waals surface area contributed by atoms with Crippen LogP contribution in [0.15, 0.2) is 39.9 Å². The summed E-state index contributed by atoms with van der Waals surface area (Å²) in [6.07, 6.45) is 0.993. The highest BCUT2D eigenvalue weighted by Gasteiger charge is 2.15. The van der Waals surface area contributed by atoms with Crippen molar-refractivity contribution >= 4 is 45.9 Å². The van der Waals surface area contributed by atoms with E-state index in [-0.39, 0.29) is 33.0 Å². The van der Waals surface area contributed by atoms with E-state index in [1.165, 1.54) is 18.3 Å². The van der Waals surface area contributed by atoms with Crippen LogP contribution < -0.4 is 5.43 Å². The second-order valence-corrected chi connectivity index (χ2v) is 6.82. The molecule has 10 nitrogen and oxygen atoms in total. The van der Waals surface area contributed by atoms with E-state index in [1.54, 1.807) is 18.2 Å². The van der Waals surface area contributed by atoms with Crippen molar-refractivity contribution in [3.05, 3.63) is 56.1 Å².